The summed E-state index contributed by atoms with van der Waals surface area (Å²) < 4.78 is 0. The number of thioether (sulfide) groups is 1. The van der Waals surface area contributed by atoms with E-state index in [-0.39, 0.29) is 5.91 Å². The van der Waals surface area contributed by atoms with Gasteiger partial charge >= 0.3 is 0 Å². The average Bonchev–Trinajstić information content (AvgIpc) is 2.77. The fourth-order valence-electron chi connectivity index (χ4n) is 3.57. The predicted molar refractivity (Wildman–Crippen MR) is 123 cm³/mol. The third kappa shape index (κ3) is 6.32. The molecule has 0 bridgehead atoms. The second-order valence-corrected chi connectivity index (χ2v) is 8.99. The summed E-state index contributed by atoms with van der Waals surface area (Å²) in [6, 6.07) is 5.97. The number of carbonyl (C=O) groups excluding carboxylic acids is 1. The zero-order valence-corrected chi connectivity index (χ0v) is 18.9. The molecule has 2 aromatic heterocycles. The summed E-state index contributed by atoms with van der Waals surface area (Å²) in [5, 5.41) is 7.42. The Labute approximate surface area is 183 Å². The van der Waals surface area contributed by atoms with Crippen molar-refractivity contribution in [1.29, 1.82) is 0 Å². The zero-order valence-electron chi connectivity index (χ0n) is 18.1. The molecule has 8 heteroatoms. The fourth-order valence-corrected chi connectivity index (χ4v) is 4.42. The monoisotopic (exact) mass is 428 g/mol. The van der Waals surface area contributed by atoms with E-state index in [1.807, 2.05) is 37.2 Å². The summed E-state index contributed by atoms with van der Waals surface area (Å²) >= 11 is 1.65. The van der Waals surface area contributed by atoms with Crippen LogP contribution in [0.25, 0.3) is 0 Å². The quantitative estimate of drug-likeness (QED) is 0.587. The van der Waals surface area contributed by atoms with Crippen molar-refractivity contribution in [3.05, 3.63) is 36.2 Å². The minimum atomic E-state index is -0.0177. The van der Waals surface area contributed by atoms with Crippen LogP contribution < -0.4 is 15.5 Å². The van der Waals surface area contributed by atoms with E-state index in [1.54, 1.807) is 24.2 Å². The first-order valence-electron chi connectivity index (χ1n) is 10.7. The molecule has 0 aromatic carbocycles. The van der Waals surface area contributed by atoms with E-state index in [0.29, 0.717) is 30.0 Å². The topological polar surface area (TPSA) is 83.0 Å². The Bertz CT molecular complexity index is 823. The van der Waals surface area contributed by atoms with Crippen LogP contribution >= 0.6 is 11.8 Å². The van der Waals surface area contributed by atoms with Crippen molar-refractivity contribution in [2.24, 2.45) is 5.92 Å². The number of carbonyl (C=O) groups is 1. The number of hydrogen-bond donors (Lipinski definition) is 2. The highest BCUT2D eigenvalue weighted by atomic mass is 32.2. The molecule has 2 heterocycles. The first-order valence-corrected chi connectivity index (χ1v) is 11.7. The van der Waals surface area contributed by atoms with Gasteiger partial charge in [-0.25, -0.2) is 9.97 Å². The second-order valence-electron chi connectivity index (χ2n) is 7.91. The summed E-state index contributed by atoms with van der Waals surface area (Å²) in [6.07, 6.45) is 8.87. The molecule has 0 atom stereocenters. The molecular formula is C22H32N6OS. The lowest BCUT2D eigenvalue weighted by Gasteiger charge is -2.29. The van der Waals surface area contributed by atoms with Crippen LogP contribution in [0.1, 0.15) is 49.4 Å². The van der Waals surface area contributed by atoms with Gasteiger partial charge in [-0.2, -0.15) is 4.98 Å². The minimum Gasteiger partial charge on any atom is -0.363 e. The van der Waals surface area contributed by atoms with Crippen LogP contribution in [-0.2, 0) is 0 Å². The lowest BCUT2D eigenvalue weighted by molar-refractivity contribution is 0.0939. The van der Waals surface area contributed by atoms with Gasteiger partial charge < -0.3 is 15.5 Å². The van der Waals surface area contributed by atoms with Gasteiger partial charge in [-0.15, -0.1) is 11.8 Å². The van der Waals surface area contributed by atoms with Gasteiger partial charge in [-0.1, -0.05) is 6.92 Å². The van der Waals surface area contributed by atoms with Crippen LogP contribution in [0.3, 0.4) is 0 Å². The van der Waals surface area contributed by atoms with E-state index in [0.717, 1.165) is 48.7 Å². The van der Waals surface area contributed by atoms with E-state index in [1.165, 1.54) is 0 Å². The Hall–Kier alpha value is -2.35. The number of rotatable bonds is 9. The van der Waals surface area contributed by atoms with E-state index >= 15 is 0 Å². The number of nitrogens with one attached hydrogen (secondary N) is 2. The van der Waals surface area contributed by atoms with Crippen molar-refractivity contribution in [3.8, 4) is 0 Å². The molecule has 1 amide bonds. The molecule has 3 rings (SSSR count). The molecule has 0 radical (unpaired) electrons. The van der Waals surface area contributed by atoms with Gasteiger partial charge in [-0.05, 0) is 62.0 Å². The van der Waals surface area contributed by atoms with Crippen LogP contribution in [0.2, 0.25) is 0 Å². The van der Waals surface area contributed by atoms with Gasteiger partial charge in [0.25, 0.3) is 5.91 Å². The molecule has 0 saturated heterocycles. The van der Waals surface area contributed by atoms with Gasteiger partial charge in [0.05, 0.1) is 5.56 Å². The highest BCUT2D eigenvalue weighted by Gasteiger charge is 2.23. The van der Waals surface area contributed by atoms with Crippen molar-refractivity contribution in [2.75, 3.05) is 36.6 Å². The third-order valence-electron chi connectivity index (χ3n) is 5.29. The van der Waals surface area contributed by atoms with Gasteiger partial charge in [-0.3, -0.25) is 4.79 Å². The van der Waals surface area contributed by atoms with Gasteiger partial charge in [0.15, 0.2) is 0 Å². The number of pyridine rings is 1. The first kappa shape index (κ1) is 22.3. The highest BCUT2D eigenvalue weighted by molar-refractivity contribution is 7.99. The molecule has 0 spiro atoms. The normalized spacial score (nSPS) is 18.6. The van der Waals surface area contributed by atoms with E-state index in [2.05, 4.69) is 32.5 Å². The molecule has 162 valence electrons. The summed E-state index contributed by atoms with van der Waals surface area (Å²) in [4.78, 5) is 27.9. The molecule has 1 aliphatic rings. The van der Waals surface area contributed by atoms with Crippen LogP contribution in [0, 0.1) is 5.92 Å². The summed E-state index contributed by atoms with van der Waals surface area (Å²) in [5.74, 6) is 3.04. The number of aromatic nitrogens is 3. The Kier molecular flexibility index (Phi) is 8.30. The molecule has 30 heavy (non-hydrogen) atoms. The number of hydrogen-bond acceptors (Lipinski definition) is 7. The van der Waals surface area contributed by atoms with E-state index in [4.69, 9.17) is 0 Å². The average molecular weight is 429 g/mol. The molecular weight excluding hydrogens is 396 g/mol. The summed E-state index contributed by atoms with van der Waals surface area (Å²) in [5.41, 5.74) is 0.684. The summed E-state index contributed by atoms with van der Waals surface area (Å²) in [7, 11) is 3.95. The molecule has 2 aromatic rings. The second kappa shape index (κ2) is 11.2. The van der Waals surface area contributed by atoms with Crippen molar-refractivity contribution >= 4 is 29.4 Å². The molecule has 2 N–H and O–H groups in total. The van der Waals surface area contributed by atoms with Crippen LogP contribution in [0.5, 0.6) is 0 Å². The van der Waals surface area contributed by atoms with E-state index < -0.39 is 0 Å². The van der Waals surface area contributed by atoms with Crippen molar-refractivity contribution in [1.82, 2.24) is 20.3 Å². The lowest BCUT2D eigenvalue weighted by Crippen LogP contribution is -2.34. The van der Waals surface area contributed by atoms with Crippen LogP contribution in [0.15, 0.2) is 35.6 Å². The van der Waals surface area contributed by atoms with Crippen molar-refractivity contribution < 1.29 is 4.79 Å². The largest absolute Gasteiger partial charge is 0.363 e. The minimum absolute atomic E-state index is 0.0177. The third-order valence-corrected chi connectivity index (χ3v) is 6.50. The molecule has 1 fully saturated rings. The van der Waals surface area contributed by atoms with Crippen molar-refractivity contribution in [3.63, 3.8) is 0 Å². The molecule has 0 aliphatic heterocycles. The lowest BCUT2D eigenvalue weighted by atomic mass is 9.86. The van der Waals surface area contributed by atoms with E-state index in [9.17, 15) is 4.79 Å². The smallest absolute Gasteiger partial charge is 0.254 e. The molecule has 1 saturated carbocycles. The predicted octanol–water partition coefficient (Wildman–Crippen LogP) is 3.84. The SMILES string of the molecule is CCCSc1ncccc1C(=O)NCC1CCC(Nc2nccc(N(C)C)n2)CC1. The molecule has 7 nitrogen and oxygen atoms in total. The standard InChI is InChI=1S/C22H32N6OS/c1-4-14-30-21-18(6-5-12-23-21)20(29)25-15-16-7-9-17(10-8-16)26-22-24-13-11-19(27-22)28(2)3/h5-6,11-13,16-17H,4,7-10,14-15H2,1-3H3,(H,25,29)(H,24,26,27). The number of anilines is 2. The molecule has 1 aliphatic carbocycles. The van der Waals surface area contributed by atoms with Crippen molar-refractivity contribution in [2.45, 2.75) is 50.1 Å². The summed E-state index contributed by atoms with van der Waals surface area (Å²) in [6.45, 7) is 2.84. The Balaban J connectivity index is 1.45. The van der Waals surface area contributed by atoms with Gasteiger partial charge in [0.2, 0.25) is 5.95 Å². The first-order chi connectivity index (χ1) is 14.6. The van der Waals surface area contributed by atoms with Crippen LogP contribution in [0.4, 0.5) is 11.8 Å². The van der Waals surface area contributed by atoms with Gasteiger partial charge in [0.1, 0.15) is 10.8 Å². The maximum atomic E-state index is 12.7. The highest BCUT2D eigenvalue weighted by Crippen LogP contribution is 2.26. The number of amides is 1. The number of nitrogens with zero attached hydrogens (tertiary/aromatic N) is 4. The van der Waals surface area contributed by atoms with Crippen LogP contribution in [-0.4, -0.2) is 53.3 Å². The molecule has 0 unspecified atom stereocenters. The zero-order chi connectivity index (χ0) is 21.3. The fraction of sp³-hybridized carbons (Fsp3) is 0.545. The van der Waals surface area contributed by atoms with Gasteiger partial charge in [0, 0.05) is 39.1 Å². The Morgan fingerprint density at radius 2 is 1.97 bits per heavy atom. The Morgan fingerprint density at radius 1 is 1.17 bits per heavy atom. The maximum absolute atomic E-state index is 12.7. The maximum Gasteiger partial charge on any atom is 0.254 e. The Morgan fingerprint density at radius 3 is 2.70 bits per heavy atom.